The highest BCUT2D eigenvalue weighted by atomic mass is 32.2. The number of nitrogens with zero attached hydrogens (tertiary/aromatic N) is 8. The Hall–Kier alpha value is -4.21. The van der Waals surface area contributed by atoms with Crippen LogP contribution in [0.25, 0.3) is 22.5 Å². The molecule has 6 rings (SSSR count). The van der Waals surface area contributed by atoms with E-state index < -0.39 is 88.4 Å². The lowest BCUT2D eigenvalue weighted by molar-refractivity contribution is -0.146. The van der Waals surface area contributed by atoms with Gasteiger partial charge in [-0.3, -0.25) is 0 Å². The van der Waals surface area contributed by atoms with Crippen LogP contribution >= 0.6 is 10.9 Å². The molecule has 2 aliphatic heterocycles. The molecule has 0 bridgehead atoms. The first-order chi connectivity index (χ1) is 23.1. The Morgan fingerprint density at radius 2 is 1.65 bits per heavy atom. The van der Waals surface area contributed by atoms with Crippen LogP contribution < -0.4 is 4.74 Å². The zero-order chi connectivity index (χ0) is 34.1. The second-order valence-corrected chi connectivity index (χ2v) is 13.9. The van der Waals surface area contributed by atoms with Crippen molar-refractivity contribution >= 4 is 16.9 Å². The van der Waals surface area contributed by atoms with Gasteiger partial charge in [0, 0.05) is 39.8 Å². The summed E-state index contributed by atoms with van der Waals surface area (Å²) < 4.78 is 60.6. The van der Waals surface area contributed by atoms with E-state index in [9.17, 15) is 38.4 Å². The first kappa shape index (κ1) is 33.7. The molecular formula is C28H31F3N8O8S. The number of carboxylic acid groups (broad SMARTS) is 1. The van der Waals surface area contributed by atoms with Crippen LogP contribution in [0.1, 0.15) is 12.1 Å². The van der Waals surface area contributed by atoms with Crippen molar-refractivity contribution in [1.29, 1.82) is 0 Å². The second kappa shape index (κ2) is 14.1. The summed E-state index contributed by atoms with van der Waals surface area (Å²) in [6.07, 6.45) is 2.39. The number of thiol groups is 1. The van der Waals surface area contributed by atoms with Crippen LogP contribution in [0.4, 0.5) is 13.2 Å². The number of benzene rings is 1. The molecule has 20 heteroatoms. The minimum atomic E-state index is -1.65. The maximum absolute atomic E-state index is 13.9. The van der Waals surface area contributed by atoms with E-state index >= 15 is 0 Å². The molecule has 0 saturated carbocycles. The zero-order valence-corrected chi connectivity index (χ0v) is 26.0. The van der Waals surface area contributed by atoms with Gasteiger partial charge in [0.1, 0.15) is 30.1 Å². The van der Waals surface area contributed by atoms with Crippen molar-refractivity contribution in [3.8, 4) is 28.5 Å². The minimum absolute atomic E-state index is 0.0577. The molecule has 0 radical (unpaired) electrons. The number of halogens is 3. The number of aromatic nitrogens is 8. The number of rotatable bonds is 10. The third-order valence-corrected chi connectivity index (χ3v) is 11.8. The third-order valence-electron chi connectivity index (χ3n) is 8.39. The summed E-state index contributed by atoms with van der Waals surface area (Å²) in [7, 11) is -0.0804. The molecular weight excluding hydrogens is 665 g/mol. The number of hydrogen-bond acceptors (Lipinski definition) is 13. The summed E-state index contributed by atoms with van der Waals surface area (Å²) in [6.45, 7) is -1.08. The first-order valence-electron chi connectivity index (χ1n) is 14.6. The molecule has 2 aliphatic rings. The van der Waals surface area contributed by atoms with Crippen molar-refractivity contribution in [2.75, 3.05) is 39.3 Å². The molecule has 1 unspecified atom stereocenters. The number of hydrogen-bond donors (Lipinski definition) is 5. The molecule has 48 heavy (non-hydrogen) atoms. The summed E-state index contributed by atoms with van der Waals surface area (Å²) >= 11 is 0. The quantitative estimate of drug-likeness (QED) is 0.111. The predicted molar refractivity (Wildman–Crippen MR) is 160 cm³/mol. The molecule has 5 heterocycles. The van der Waals surface area contributed by atoms with Crippen molar-refractivity contribution in [2.24, 2.45) is 0 Å². The maximum Gasteiger partial charge on any atom is 0.329 e. The molecule has 0 amide bonds. The van der Waals surface area contributed by atoms with Gasteiger partial charge in [-0.05, 0) is 12.1 Å². The van der Waals surface area contributed by atoms with Gasteiger partial charge >= 0.3 is 12.0 Å². The summed E-state index contributed by atoms with van der Waals surface area (Å²) in [4.78, 5) is 19.6. The molecule has 16 nitrogen and oxygen atoms in total. The van der Waals surface area contributed by atoms with Crippen LogP contribution in [0, 0.1) is 17.5 Å². The highest BCUT2D eigenvalue weighted by Gasteiger charge is 2.50. The molecule has 2 fully saturated rings. The largest absolute Gasteiger partial charge is 0.480 e. The topological polar surface area (TPSA) is 213 Å². The molecule has 8 atom stereocenters. The Bertz CT molecular complexity index is 1730. The van der Waals surface area contributed by atoms with Crippen LogP contribution in [0.2, 0.25) is 0 Å². The van der Waals surface area contributed by atoms with Crippen LogP contribution in [-0.4, -0.2) is 134 Å². The number of ether oxygens (including phenoxy) is 3. The predicted octanol–water partition coefficient (Wildman–Crippen LogP) is 0.168. The zero-order valence-electron chi connectivity index (χ0n) is 25.1. The smallest absolute Gasteiger partial charge is 0.329 e. The fraction of sp³-hybridized carbons (Fsp3) is 0.464. The highest BCUT2D eigenvalue weighted by Crippen LogP contribution is 2.51. The standard InChI is InChI=1S/C28H31F3N8O8S/c1-45-28-32-4-14(5-33-28)18-6-38(36-35-18)19-9-46-10-22(26(19)43)48-12-20(47-11-23(41)42)25(27(44)21(48)8-40)39-7-17(34-37-39)13-2-15(29)24(31)16(30)3-13/h2-7,19-22,25-27,40,43-44,48H,8-12H2,1H3,(H,41,42)/t19-,20-,21+,22+,25+,26+,27-/m0/s1. The van der Waals surface area contributed by atoms with E-state index in [1.165, 1.54) is 30.4 Å². The molecule has 1 aromatic carbocycles. The van der Waals surface area contributed by atoms with E-state index in [0.29, 0.717) is 11.3 Å². The summed E-state index contributed by atoms with van der Waals surface area (Å²) in [6, 6.07) is -0.145. The van der Waals surface area contributed by atoms with Crippen LogP contribution in [-0.2, 0) is 14.3 Å². The number of carboxylic acids is 1. The van der Waals surface area contributed by atoms with Gasteiger partial charge in [-0.2, -0.15) is 0 Å². The van der Waals surface area contributed by atoms with E-state index in [0.717, 1.165) is 16.8 Å². The SMILES string of the molecule is COc1ncc(-c2cn([C@H]3COC[C@@H]([SH]4C[C@H](OCC(=O)O)[C@@H](n5cc(-c6cc(F)c(F)c(F)c6)nn5)[C@@H](O)[C@H]4CO)[C@@H]3O)nn2)cn1. The van der Waals surface area contributed by atoms with E-state index in [-0.39, 0.29) is 36.2 Å². The number of aliphatic carboxylic acids is 1. The molecule has 0 aliphatic carbocycles. The minimum Gasteiger partial charge on any atom is -0.480 e. The molecule has 258 valence electrons. The van der Waals surface area contributed by atoms with Gasteiger partial charge in [0.2, 0.25) is 0 Å². The lowest BCUT2D eigenvalue weighted by Crippen LogP contribution is -2.56. The maximum atomic E-state index is 13.9. The number of carbonyl (C=O) groups is 1. The van der Waals surface area contributed by atoms with Crippen molar-refractivity contribution < 1.29 is 52.6 Å². The van der Waals surface area contributed by atoms with Crippen LogP contribution in [0.15, 0.2) is 36.9 Å². The molecule has 4 aromatic rings. The average Bonchev–Trinajstić information content (AvgIpc) is 3.77. The van der Waals surface area contributed by atoms with Crippen molar-refractivity contribution in [3.05, 3.63) is 54.4 Å². The first-order valence-corrected chi connectivity index (χ1v) is 16.2. The Morgan fingerprint density at radius 1 is 1.00 bits per heavy atom. The van der Waals surface area contributed by atoms with Gasteiger partial charge < -0.3 is 34.6 Å². The van der Waals surface area contributed by atoms with Crippen LogP contribution in [0.5, 0.6) is 6.01 Å². The van der Waals surface area contributed by atoms with Gasteiger partial charge in [-0.15, -0.1) is 10.2 Å². The summed E-state index contributed by atoms with van der Waals surface area (Å²) in [5.74, 6) is -5.70. The number of methoxy groups -OCH3 is 1. The van der Waals surface area contributed by atoms with E-state index in [2.05, 4.69) is 30.6 Å². The summed E-state index contributed by atoms with van der Waals surface area (Å²) in [5, 5.41) is 58.0. The third kappa shape index (κ3) is 6.58. The lowest BCUT2D eigenvalue weighted by Gasteiger charge is -2.51. The fourth-order valence-electron chi connectivity index (χ4n) is 6.02. The monoisotopic (exact) mass is 696 g/mol. The van der Waals surface area contributed by atoms with Crippen LogP contribution in [0.3, 0.4) is 0 Å². The average molecular weight is 697 g/mol. The molecule has 2 saturated heterocycles. The second-order valence-electron chi connectivity index (χ2n) is 11.2. The van der Waals surface area contributed by atoms with Crippen molar-refractivity contribution in [3.63, 3.8) is 0 Å². The van der Waals surface area contributed by atoms with E-state index in [4.69, 9.17) is 14.2 Å². The fourth-order valence-corrected chi connectivity index (χ4v) is 9.45. The Morgan fingerprint density at radius 3 is 2.29 bits per heavy atom. The number of aliphatic hydroxyl groups is 3. The Kier molecular flexibility index (Phi) is 9.90. The lowest BCUT2D eigenvalue weighted by atomic mass is 10.0. The Balaban J connectivity index is 1.26. The van der Waals surface area contributed by atoms with Gasteiger partial charge in [-0.1, -0.05) is 10.4 Å². The van der Waals surface area contributed by atoms with Crippen molar-refractivity contribution in [2.45, 2.75) is 40.9 Å². The highest BCUT2D eigenvalue weighted by molar-refractivity contribution is 8.18. The molecule has 3 aromatic heterocycles. The molecule has 4 N–H and O–H groups in total. The Labute approximate surface area is 272 Å². The summed E-state index contributed by atoms with van der Waals surface area (Å²) in [5.41, 5.74) is 0.802. The van der Waals surface area contributed by atoms with Gasteiger partial charge in [-0.25, -0.2) is 48.2 Å². The van der Waals surface area contributed by atoms with Gasteiger partial charge in [0.05, 0.1) is 57.6 Å². The van der Waals surface area contributed by atoms with E-state index in [1.54, 1.807) is 6.20 Å². The normalized spacial score (nSPS) is 28.3. The van der Waals surface area contributed by atoms with Gasteiger partial charge in [0.25, 0.3) is 0 Å². The number of aliphatic hydroxyl groups excluding tert-OH is 3. The van der Waals surface area contributed by atoms with E-state index in [1.807, 2.05) is 0 Å². The van der Waals surface area contributed by atoms with Gasteiger partial charge in [0.15, 0.2) is 17.5 Å². The van der Waals surface area contributed by atoms with Crippen molar-refractivity contribution in [1.82, 2.24) is 40.0 Å². The molecule has 0 spiro atoms.